The molecule has 4 rings (SSSR count). The van der Waals surface area contributed by atoms with Crippen molar-refractivity contribution in [3.05, 3.63) is 11.6 Å². The van der Waals surface area contributed by atoms with Crippen LogP contribution < -0.4 is 0 Å². The van der Waals surface area contributed by atoms with E-state index in [1.54, 1.807) is 5.57 Å². The molecule has 0 radical (unpaired) electrons. The van der Waals surface area contributed by atoms with Gasteiger partial charge in [-0.15, -0.1) is 0 Å². The highest BCUT2D eigenvalue weighted by atomic mass is 16.4. The van der Waals surface area contributed by atoms with Gasteiger partial charge in [0.05, 0.1) is 12.7 Å². The molecule has 42 heavy (non-hydrogen) atoms. The zero-order chi connectivity index (χ0) is 31.8. The molecule has 8 heteroatoms. The lowest BCUT2D eigenvalue weighted by Crippen LogP contribution is -2.50. The molecular formula is C34H62O8. The van der Waals surface area contributed by atoms with Crippen molar-refractivity contribution in [2.45, 2.75) is 136 Å². The van der Waals surface area contributed by atoms with Gasteiger partial charge >= 0.3 is 0 Å². The predicted molar refractivity (Wildman–Crippen MR) is 164 cm³/mol. The van der Waals surface area contributed by atoms with E-state index < -0.39 is 31.0 Å². The van der Waals surface area contributed by atoms with Gasteiger partial charge in [-0.1, -0.05) is 65.5 Å². The molecule has 0 aromatic rings. The van der Waals surface area contributed by atoms with E-state index in [1.165, 1.54) is 57.8 Å². The summed E-state index contributed by atoms with van der Waals surface area (Å²) in [5.41, 5.74) is 2.60. The van der Waals surface area contributed by atoms with Crippen molar-refractivity contribution in [2.24, 2.45) is 46.3 Å². The normalized spacial score (nSPS) is 37.2. The first-order valence-corrected chi connectivity index (χ1v) is 16.4. The SMILES string of the molecule is CC(C)CCCC(C)[C@H]1CC[C@H]2[C@@H]3CC=C4C[C@@H](O)CC[C@]4(C)[C@H]3CC[C@]12C.CO.O=CC(O)C(O)C(O)C(O)CO. The van der Waals surface area contributed by atoms with Crippen LogP contribution in [0.4, 0.5) is 0 Å². The number of allylic oxidation sites excluding steroid dienone is 1. The van der Waals surface area contributed by atoms with Gasteiger partial charge in [0.2, 0.25) is 0 Å². The van der Waals surface area contributed by atoms with Gasteiger partial charge in [-0.25, -0.2) is 0 Å². The maximum Gasteiger partial charge on any atom is 0.151 e. The van der Waals surface area contributed by atoms with Crippen LogP contribution in [0.5, 0.6) is 0 Å². The quantitative estimate of drug-likeness (QED) is 0.148. The number of aldehydes is 1. The topological polar surface area (TPSA) is 159 Å². The molecule has 0 aromatic heterocycles. The van der Waals surface area contributed by atoms with E-state index in [2.05, 4.69) is 40.7 Å². The Labute approximate surface area is 254 Å². The molecule has 3 fully saturated rings. The monoisotopic (exact) mass is 598 g/mol. The third-order valence-corrected chi connectivity index (χ3v) is 11.7. The molecular weight excluding hydrogens is 536 g/mol. The number of hydrogen-bond acceptors (Lipinski definition) is 8. The van der Waals surface area contributed by atoms with E-state index in [-0.39, 0.29) is 12.4 Å². The van der Waals surface area contributed by atoms with Crippen molar-refractivity contribution < 1.29 is 40.5 Å². The fourth-order valence-corrected chi connectivity index (χ4v) is 9.28. The molecule has 0 bridgehead atoms. The lowest BCUT2D eigenvalue weighted by Gasteiger charge is -2.58. The molecule has 246 valence electrons. The average Bonchev–Trinajstić information content (AvgIpc) is 3.34. The summed E-state index contributed by atoms with van der Waals surface area (Å²) in [5.74, 6) is 5.46. The molecule has 8 nitrogen and oxygen atoms in total. The minimum Gasteiger partial charge on any atom is -0.400 e. The molecule has 0 spiro atoms. The lowest BCUT2D eigenvalue weighted by atomic mass is 9.47. The van der Waals surface area contributed by atoms with Crippen LogP contribution in [-0.4, -0.2) is 86.3 Å². The second-order valence-corrected chi connectivity index (χ2v) is 14.5. The van der Waals surface area contributed by atoms with Gasteiger partial charge in [0.1, 0.15) is 24.4 Å². The predicted octanol–water partition coefficient (Wildman–Crippen LogP) is 3.62. The first-order valence-electron chi connectivity index (χ1n) is 16.4. The summed E-state index contributed by atoms with van der Waals surface area (Å²) in [6.07, 6.45) is 10.3. The highest BCUT2D eigenvalue weighted by molar-refractivity contribution is 5.56. The van der Waals surface area contributed by atoms with E-state index >= 15 is 0 Å². The summed E-state index contributed by atoms with van der Waals surface area (Å²) in [4.78, 5) is 9.90. The third-order valence-electron chi connectivity index (χ3n) is 11.7. The maximum absolute atomic E-state index is 10.2. The zero-order valence-corrected chi connectivity index (χ0v) is 27.0. The molecule has 0 saturated heterocycles. The van der Waals surface area contributed by atoms with Gasteiger partial charge in [0.15, 0.2) is 6.29 Å². The van der Waals surface area contributed by atoms with Crippen LogP contribution in [0, 0.1) is 46.3 Å². The lowest BCUT2D eigenvalue weighted by molar-refractivity contribution is -0.136. The first-order chi connectivity index (χ1) is 19.8. The minimum atomic E-state index is -1.79. The summed E-state index contributed by atoms with van der Waals surface area (Å²) in [5, 5.41) is 60.7. The van der Waals surface area contributed by atoms with E-state index in [1.807, 2.05) is 0 Å². The molecule has 5 unspecified atom stereocenters. The second kappa shape index (κ2) is 16.4. The van der Waals surface area contributed by atoms with E-state index in [4.69, 9.17) is 30.6 Å². The Hall–Kier alpha value is -0.870. The largest absolute Gasteiger partial charge is 0.400 e. The number of carbonyl (C=O) groups excluding carboxylic acids is 1. The number of fused-ring (bicyclic) bond motifs is 5. The first kappa shape index (κ1) is 37.3. The zero-order valence-electron chi connectivity index (χ0n) is 27.0. The molecule has 4 aliphatic carbocycles. The van der Waals surface area contributed by atoms with Crippen LogP contribution in [0.15, 0.2) is 11.6 Å². The molecule has 0 aliphatic heterocycles. The van der Waals surface area contributed by atoms with Gasteiger partial charge in [-0.05, 0) is 97.7 Å². The Kier molecular flexibility index (Phi) is 14.6. The van der Waals surface area contributed by atoms with Crippen molar-refractivity contribution >= 4 is 6.29 Å². The van der Waals surface area contributed by atoms with Gasteiger partial charge in [-0.2, -0.15) is 0 Å². The summed E-state index contributed by atoms with van der Waals surface area (Å²) >= 11 is 0. The van der Waals surface area contributed by atoms with E-state index in [0.29, 0.717) is 10.8 Å². The van der Waals surface area contributed by atoms with Crippen LogP contribution in [0.2, 0.25) is 0 Å². The van der Waals surface area contributed by atoms with E-state index in [0.717, 1.165) is 55.5 Å². The molecule has 0 heterocycles. The summed E-state index contributed by atoms with van der Waals surface area (Å²) in [6, 6.07) is 0. The Morgan fingerprint density at radius 2 is 1.60 bits per heavy atom. The summed E-state index contributed by atoms with van der Waals surface area (Å²) in [7, 11) is 1.00. The molecule has 0 aromatic carbocycles. The molecule has 4 aliphatic rings. The minimum absolute atomic E-state index is 0.0258. The van der Waals surface area contributed by atoms with Crippen LogP contribution in [-0.2, 0) is 4.79 Å². The standard InChI is InChI=1S/C27H46O.C6H12O6.CH4O/c1-18(2)7-6-8-19(3)23-11-12-24-22-10-9-20-17-21(28)13-15-26(20,4)25(22)14-16-27(23,24)5;7-1-3(9)5(11)6(12)4(10)2-8;1-2/h9,18-19,21-25,28H,6-8,10-17H2,1-5H3;1,3-6,8-12H,2H2;2H,1H3/t19?,21-,22-,23+,24-,25-,26-,27+;;/m0../s1. The fraction of sp³-hybridized carbons (Fsp3) is 0.912. The highest BCUT2D eigenvalue weighted by Gasteiger charge is 2.59. The Balaban J connectivity index is 0.000000374. The molecule has 3 saturated carbocycles. The van der Waals surface area contributed by atoms with Crippen LogP contribution >= 0.6 is 0 Å². The number of aliphatic hydroxyl groups excluding tert-OH is 7. The van der Waals surface area contributed by atoms with Crippen molar-refractivity contribution in [3.8, 4) is 0 Å². The van der Waals surface area contributed by atoms with E-state index in [9.17, 15) is 9.90 Å². The summed E-state index contributed by atoms with van der Waals surface area (Å²) < 4.78 is 0. The maximum atomic E-state index is 10.2. The van der Waals surface area contributed by atoms with Gasteiger partial charge in [-0.3, -0.25) is 0 Å². The molecule has 0 amide bonds. The van der Waals surface area contributed by atoms with Crippen molar-refractivity contribution in [1.29, 1.82) is 0 Å². The van der Waals surface area contributed by atoms with Crippen molar-refractivity contribution in [3.63, 3.8) is 0 Å². The van der Waals surface area contributed by atoms with Gasteiger partial charge in [0, 0.05) is 7.11 Å². The molecule has 12 atom stereocenters. The van der Waals surface area contributed by atoms with Gasteiger partial charge in [0.25, 0.3) is 0 Å². The number of rotatable bonds is 10. The van der Waals surface area contributed by atoms with Crippen LogP contribution in [0.3, 0.4) is 0 Å². The highest BCUT2D eigenvalue weighted by Crippen LogP contribution is 2.67. The smallest absolute Gasteiger partial charge is 0.151 e. The number of carbonyl (C=O) groups is 1. The second-order valence-electron chi connectivity index (χ2n) is 14.5. The third kappa shape index (κ3) is 8.23. The fourth-order valence-electron chi connectivity index (χ4n) is 9.28. The van der Waals surface area contributed by atoms with Crippen LogP contribution in [0.25, 0.3) is 0 Å². The molecule has 7 N–H and O–H groups in total. The number of aliphatic hydroxyl groups is 7. The Bertz CT molecular complexity index is 847. The Morgan fingerprint density at radius 3 is 2.19 bits per heavy atom. The average molecular weight is 599 g/mol. The van der Waals surface area contributed by atoms with Crippen LogP contribution in [0.1, 0.15) is 105 Å². The van der Waals surface area contributed by atoms with Crippen molar-refractivity contribution in [1.82, 2.24) is 0 Å². The van der Waals surface area contributed by atoms with Crippen molar-refractivity contribution in [2.75, 3.05) is 13.7 Å². The summed E-state index contributed by atoms with van der Waals surface area (Å²) in [6.45, 7) is 11.8. The number of hydrogen-bond donors (Lipinski definition) is 7. The van der Waals surface area contributed by atoms with Gasteiger partial charge < -0.3 is 40.5 Å². The Morgan fingerprint density at radius 1 is 0.929 bits per heavy atom.